The van der Waals surface area contributed by atoms with Crippen molar-refractivity contribution in [3.05, 3.63) is 27.2 Å². The topological polar surface area (TPSA) is 20.7 Å². The van der Waals surface area contributed by atoms with Crippen molar-refractivity contribution in [2.75, 3.05) is 0 Å². The highest BCUT2D eigenvalue weighted by Gasteiger charge is 2.11. The summed E-state index contributed by atoms with van der Waals surface area (Å²) in [6, 6.07) is 3.54. The molecule has 0 aliphatic heterocycles. The molecule has 2 rings (SSSR count). The molecule has 0 radical (unpaired) electrons. The molecule has 0 aliphatic rings. The molecule has 1 N–H and O–H groups in total. The molecule has 16 heavy (non-hydrogen) atoms. The maximum absolute atomic E-state index is 13.4. The molecule has 0 amide bonds. The van der Waals surface area contributed by atoms with Crippen molar-refractivity contribution in [2.45, 2.75) is 26.3 Å². The molecule has 0 aliphatic carbocycles. The van der Waals surface area contributed by atoms with Crippen molar-refractivity contribution in [1.82, 2.24) is 9.55 Å². The van der Waals surface area contributed by atoms with Crippen LogP contribution in [0.1, 0.15) is 26.3 Å². The van der Waals surface area contributed by atoms with Gasteiger partial charge >= 0.3 is 0 Å². The summed E-state index contributed by atoms with van der Waals surface area (Å²) in [7, 11) is 0. The molecule has 1 aromatic heterocycles. The first-order valence-corrected chi connectivity index (χ1v) is 6.34. The van der Waals surface area contributed by atoms with Crippen LogP contribution in [0.5, 0.6) is 0 Å². The van der Waals surface area contributed by atoms with Crippen molar-refractivity contribution in [1.29, 1.82) is 0 Å². The fraction of sp³-hybridized carbons (Fsp3) is 0.364. The Morgan fingerprint density at radius 2 is 2.25 bits per heavy atom. The molecular formula is C11H12BrFN2S. The van der Waals surface area contributed by atoms with Gasteiger partial charge in [0.05, 0.1) is 15.5 Å². The maximum Gasteiger partial charge on any atom is 0.178 e. The molecule has 86 valence electrons. The normalized spacial score (nSPS) is 13.2. The minimum Gasteiger partial charge on any atom is -0.330 e. The van der Waals surface area contributed by atoms with Gasteiger partial charge in [0.25, 0.3) is 0 Å². The lowest BCUT2D eigenvalue weighted by Crippen LogP contribution is -2.03. The number of benzene rings is 1. The minimum absolute atomic E-state index is 0.278. The van der Waals surface area contributed by atoms with Gasteiger partial charge in [-0.2, -0.15) is 0 Å². The summed E-state index contributed by atoms with van der Waals surface area (Å²) in [5, 5.41) is 0. The van der Waals surface area contributed by atoms with Crippen LogP contribution < -0.4 is 0 Å². The van der Waals surface area contributed by atoms with E-state index in [-0.39, 0.29) is 5.82 Å². The lowest BCUT2D eigenvalue weighted by atomic mass is 10.2. The first kappa shape index (κ1) is 11.8. The van der Waals surface area contributed by atoms with Gasteiger partial charge in [-0.15, -0.1) is 0 Å². The third-order valence-corrected chi connectivity index (χ3v) is 3.70. The van der Waals surface area contributed by atoms with Gasteiger partial charge in [0.1, 0.15) is 5.82 Å². The van der Waals surface area contributed by atoms with Crippen molar-refractivity contribution in [3.8, 4) is 0 Å². The number of fused-ring (bicyclic) bond motifs is 1. The summed E-state index contributed by atoms with van der Waals surface area (Å²) in [5.41, 5.74) is 1.68. The Morgan fingerprint density at radius 3 is 2.88 bits per heavy atom. The van der Waals surface area contributed by atoms with Gasteiger partial charge in [-0.05, 0) is 47.6 Å². The molecule has 1 aromatic carbocycles. The zero-order chi connectivity index (χ0) is 11.9. The Hall–Kier alpha value is -0.680. The minimum atomic E-state index is -0.278. The van der Waals surface area contributed by atoms with Crippen LogP contribution in [-0.2, 0) is 0 Å². The first-order chi connectivity index (χ1) is 7.54. The Kier molecular flexibility index (Phi) is 3.17. The van der Waals surface area contributed by atoms with Crippen LogP contribution in [0, 0.1) is 10.6 Å². The van der Waals surface area contributed by atoms with Gasteiger partial charge in [-0.3, -0.25) is 0 Å². The maximum atomic E-state index is 13.4. The van der Waals surface area contributed by atoms with Gasteiger partial charge < -0.3 is 9.55 Å². The van der Waals surface area contributed by atoms with Crippen LogP contribution in [0.4, 0.5) is 4.39 Å². The largest absolute Gasteiger partial charge is 0.330 e. The number of nitrogens with one attached hydrogen (secondary N) is 1. The van der Waals surface area contributed by atoms with Gasteiger partial charge in [0, 0.05) is 12.1 Å². The smallest absolute Gasteiger partial charge is 0.178 e. The van der Waals surface area contributed by atoms with Crippen LogP contribution >= 0.6 is 28.1 Å². The summed E-state index contributed by atoms with van der Waals surface area (Å²) in [4.78, 5) is 3.03. The lowest BCUT2D eigenvalue weighted by Gasteiger charge is -2.11. The molecule has 1 heterocycles. The van der Waals surface area contributed by atoms with Crippen LogP contribution in [0.2, 0.25) is 0 Å². The Labute approximate surface area is 107 Å². The molecule has 0 spiro atoms. The Bertz CT molecular complexity index is 587. The lowest BCUT2D eigenvalue weighted by molar-refractivity contribution is 0.538. The van der Waals surface area contributed by atoms with E-state index in [1.54, 1.807) is 6.07 Å². The molecule has 0 saturated heterocycles. The van der Waals surface area contributed by atoms with Gasteiger partial charge in [-0.1, -0.05) is 6.92 Å². The van der Waals surface area contributed by atoms with Crippen LogP contribution in [-0.4, -0.2) is 9.55 Å². The number of rotatable bonds is 2. The molecule has 0 fully saturated rings. The molecule has 0 bridgehead atoms. The standard InChI is InChI=1S/C11H12BrFN2S/c1-3-6(2)15-10-4-7(12)8(13)5-9(10)14-11(15)16/h4-6H,3H2,1-2H3,(H,14,16). The molecule has 0 saturated carbocycles. The van der Waals surface area contributed by atoms with Crippen molar-refractivity contribution < 1.29 is 4.39 Å². The number of halogens is 2. The van der Waals surface area contributed by atoms with E-state index in [1.165, 1.54) is 6.07 Å². The second-order valence-corrected chi connectivity index (χ2v) is 5.08. The van der Waals surface area contributed by atoms with E-state index in [9.17, 15) is 4.39 Å². The summed E-state index contributed by atoms with van der Waals surface area (Å²) < 4.78 is 16.5. The van der Waals surface area contributed by atoms with Crippen LogP contribution in [0.3, 0.4) is 0 Å². The van der Waals surface area contributed by atoms with E-state index in [2.05, 4.69) is 34.8 Å². The van der Waals surface area contributed by atoms with E-state index in [4.69, 9.17) is 12.2 Å². The predicted molar refractivity (Wildman–Crippen MR) is 69.8 cm³/mol. The van der Waals surface area contributed by atoms with E-state index < -0.39 is 0 Å². The fourth-order valence-electron chi connectivity index (χ4n) is 1.74. The average Bonchev–Trinajstić information content (AvgIpc) is 2.54. The van der Waals surface area contributed by atoms with Gasteiger partial charge in [0.2, 0.25) is 0 Å². The van der Waals surface area contributed by atoms with Crippen LogP contribution in [0.15, 0.2) is 16.6 Å². The molecular weight excluding hydrogens is 291 g/mol. The third kappa shape index (κ3) is 1.82. The monoisotopic (exact) mass is 302 g/mol. The quantitative estimate of drug-likeness (QED) is 0.806. The predicted octanol–water partition coefficient (Wildman–Crippen LogP) is 4.57. The zero-order valence-electron chi connectivity index (χ0n) is 9.05. The average molecular weight is 303 g/mol. The number of aromatic amines is 1. The number of H-pyrrole nitrogens is 1. The van der Waals surface area contributed by atoms with Crippen molar-refractivity contribution in [3.63, 3.8) is 0 Å². The Morgan fingerprint density at radius 1 is 1.56 bits per heavy atom. The highest BCUT2D eigenvalue weighted by atomic mass is 79.9. The summed E-state index contributed by atoms with van der Waals surface area (Å²) in [5.74, 6) is -0.278. The summed E-state index contributed by atoms with van der Waals surface area (Å²) >= 11 is 8.45. The molecule has 2 nitrogen and oxygen atoms in total. The Balaban J connectivity index is 2.79. The number of hydrogen-bond donors (Lipinski definition) is 1. The number of nitrogens with zero attached hydrogens (tertiary/aromatic N) is 1. The first-order valence-electron chi connectivity index (χ1n) is 5.13. The van der Waals surface area contributed by atoms with E-state index in [0.29, 0.717) is 15.3 Å². The second kappa shape index (κ2) is 4.30. The number of hydrogen-bond acceptors (Lipinski definition) is 1. The fourth-order valence-corrected chi connectivity index (χ4v) is 2.46. The molecule has 1 atom stereocenters. The SMILES string of the molecule is CCC(C)n1c(=S)[nH]c2cc(F)c(Br)cc21. The van der Waals surface area contributed by atoms with Gasteiger partial charge in [0.15, 0.2) is 4.77 Å². The zero-order valence-corrected chi connectivity index (χ0v) is 11.5. The highest BCUT2D eigenvalue weighted by Crippen LogP contribution is 2.26. The molecule has 5 heteroatoms. The highest BCUT2D eigenvalue weighted by molar-refractivity contribution is 9.10. The van der Waals surface area contributed by atoms with Gasteiger partial charge in [-0.25, -0.2) is 4.39 Å². The van der Waals surface area contributed by atoms with Crippen molar-refractivity contribution >= 4 is 39.2 Å². The number of aromatic nitrogens is 2. The second-order valence-electron chi connectivity index (χ2n) is 3.84. The van der Waals surface area contributed by atoms with Crippen LogP contribution in [0.25, 0.3) is 11.0 Å². The van der Waals surface area contributed by atoms with E-state index >= 15 is 0 Å². The summed E-state index contributed by atoms with van der Waals surface area (Å²) in [6.07, 6.45) is 0.982. The summed E-state index contributed by atoms with van der Waals surface area (Å²) in [6.45, 7) is 4.20. The molecule has 2 aromatic rings. The number of imidazole rings is 1. The van der Waals surface area contributed by atoms with Crippen molar-refractivity contribution in [2.24, 2.45) is 0 Å². The third-order valence-electron chi connectivity index (χ3n) is 2.79. The molecule has 1 unspecified atom stereocenters. The van der Waals surface area contributed by atoms with E-state index in [0.717, 1.165) is 17.5 Å². The van der Waals surface area contributed by atoms with E-state index in [1.807, 2.05) is 4.57 Å².